The lowest BCUT2D eigenvalue weighted by Gasteiger charge is -2.19. The molecule has 0 bridgehead atoms. The van der Waals surface area contributed by atoms with Gasteiger partial charge in [0.1, 0.15) is 0 Å². The molecule has 132 valence electrons. The molecule has 0 aromatic carbocycles. The Labute approximate surface area is 149 Å². The number of carbonyl (C=O) groups is 1. The summed E-state index contributed by atoms with van der Waals surface area (Å²) in [6.45, 7) is 2.16. The van der Waals surface area contributed by atoms with Gasteiger partial charge >= 0.3 is 0 Å². The molecule has 4 rings (SSSR count). The molecule has 0 saturated heterocycles. The summed E-state index contributed by atoms with van der Waals surface area (Å²) in [7, 11) is -3.85. The maximum Gasteiger partial charge on any atom is 0.255 e. The van der Waals surface area contributed by atoms with E-state index in [0.717, 1.165) is 22.3 Å². The fraction of sp³-hybridized carbons (Fsp3) is 0.176. The molecule has 0 fully saturated rings. The molecule has 0 radical (unpaired) electrons. The Morgan fingerprint density at radius 1 is 1.15 bits per heavy atom. The van der Waals surface area contributed by atoms with Gasteiger partial charge in [-0.15, -0.1) is 0 Å². The molecule has 9 heteroatoms. The second-order valence-electron chi connectivity index (χ2n) is 6.16. The second kappa shape index (κ2) is 5.82. The Balaban J connectivity index is 1.74. The number of carbonyl (C=O) groups excluding carboxylic acids is 1. The standard InChI is InChI=1S/C17H15N5O3S/c1-10-2-4-13-16-12(8-20-17(13)21-10)6-15(23)22(16)9-11-3-5-14(19-7-11)26(18,24)25/h2-5,7-8H,6,9H2,1H3,(H2,18,24,25). The molecule has 2 N–H and O–H groups in total. The van der Waals surface area contributed by atoms with Crippen LogP contribution in [0.3, 0.4) is 0 Å². The summed E-state index contributed by atoms with van der Waals surface area (Å²) >= 11 is 0. The van der Waals surface area contributed by atoms with Gasteiger partial charge in [0.2, 0.25) is 5.91 Å². The fourth-order valence-electron chi connectivity index (χ4n) is 3.05. The van der Waals surface area contributed by atoms with E-state index in [0.29, 0.717) is 11.2 Å². The Kier molecular flexibility index (Phi) is 3.70. The number of primary sulfonamides is 1. The SMILES string of the molecule is Cc1ccc2c3c(cnc2n1)CC(=O)N3Cc1ccc(S(N)(=O)=O)nc1. The highest BCUT2D eigenvalue weighted by Gasteiger charge is 2.30. The van der Waals surface area contributed by atoms with Crippen molar-refractivity contribution in [3.05, 3.63) is 53.5 Å². The predicted molar refractivity (Wildman–Crippen MR) is 94.8 cm³/mol. The highest BCUT2D eigenvalue weighted by atomic mass is 32.2. The number of amides is 1. The number of fused-ring (bicyclic) bond motifs is 3. The van der Waals surface area contributed by atoms with Gasteiger partial charge in [0.25, 0.3) is 10.0 Å². The molecule has 3 aromatic heterocycles. The quantitative estimate of drug-likeness (QED) is 0.737. The zero-order chi connectivity index (χ0) is 18.5. The third-order valence-electron chi connectivity index (χ3n) is 4.26. The van der Waals surface area contributed by atoms with Crippen molar-refractivity contribution in [3.8, 4) is 0 Å². The molecular weight excluding hydrogens is 354 g/mol. The first kappa shape index (κ1) is 16.6. The Bertz CT molecular complexity index is 1140. The summed E-state index contributed by atoms with van der Waals surface area (Å²) in [5, 5.41) is 5.67. The minimum Gasteiger partial charge on any atom is -0.307 e. The molecule has 3 aromatic rings. The number of aryl methyl sites for hydroxylation is 1. The number of aromatic nitrogens is 3. The monoisotopic (exact) mass is 369 g/mol. The zero-order valence-corrected chi connectivity index (χ0v) is 14.7. The summed E-state index contributed by atoms with van der Waals surface area (Å²) in [5.74, 6) is -0.0506. The van der Waals surface area contributed by atoms with Crippen LogP contribution in [0.15, 0.2) is 41.7 Å². The van der Waals surface area contributed by atoms with Crippen molar-refractivity contribution in [2.45, 2.75) is 24.9 Å². The topological polar surface area (TPSA) is 119 Å². The number of nitrogens with zero attached hydrogens (tertiary/aromatic N) is 4. The van der Waals surface area contributed by atoms with Crippen LogP contribution in [-0.2, 0) is 27.8 Å². The minimum absolute atomic E-state index is 0.0506. The number of anilines is 1. The first-order chi connectivity index (χ1) is 12.3. The Morgan fingerprint density at radius 2 is 1.96 bits per heavy atom. The van der Waals surface area contributed by atoms with Crippen molar-refractivity contribution in [1.82, 2.24) is 15.0 Å². The highest BCUT2D eigenvalue weighted by Crippen LogP contribution is 2.35. The van der Waals surface area contributed by atoms with Crippen LogP contribution in [0, 0.1) is 6.92 Å². The molecule has 8 nitrogen and oxygen atoms in total. The van der Waals surface area contributed by atoms with Crippen LogP contribution < -0.4 is 10.0 Å². The van der Waals surface area contributed by atoms with Gasteiger partial charge in [0, 0.05) is 29.0 Å². The molecule has 0 unspecified atom stereocenters. The smallest absolute Gasteiger partial charge is 0.255 e. The highest BCUT2D eigenvalue weighted by molar-refractivity contribution is 7.89. The second-order valence-corrected chi connectivity index (χ2v) is 7.67. The normalized spacial score (nSPS) is 14.1. The lowest BCUT2D eigenvalue weighted by atomic mass is 10.1. The lowest BCUT2D eigenvalue weighted by Crippen LogP contribution is -2.26. The predicted octanol–water partition coefficient (Wildman–Crippen LogP) is 1.07. The van der Waals surface area contributed by atoms with E-state index in [1.807, 2.05) is 19.1 Å². The molecule has 0 saturated carbocycles. The molecule has 0 spiro atoms. The van der Waals surface area contributed by atoms with Gasteiger partial charge in [0.05, 0.1) is 18.7 Å². The van der Waals surface area contributed by atoms with Crippen molar-refractivity contribution in [1.29, 1.82) is 0 Å². The fourth-order valence-corrected chi connectivity index (χ4v) is 3.51. The van der Waals surface area contributed by atoms with Gasteiger partial charge in [-0.2, -0.15) is 0 Å². The molecule has 1 amide bonds. The van der Waals surface area contributed by atoms with E-state index in [2.05, 4.69) is 15.0 Å². The summed E-state index contributed by atoms with van der Waals surface area (Å²) in [6.07, 6.45) is 3.37. The van der Waals surface area contributed by atoms with E-state index in [-0.39, 0.29) is 23.9 Å². The first-order valence-corrected chi connectivity index (χ1v) is 9.41. The van der Waals surface area contributed by atoms with Crippen LogP contribution >= 0.6 is 0 Å². The number of hydrogen-bond donors (Lipinski definition) is 1. The van der Waals surface area contributed by atoms with Gasteiger partial charge in [-0.1, -0.05) is 6.07 Å². The van der Waals surface area contributed by atoms with Crippen LogP contribution in [0.2, 0.25) is 0 Å². The van der Waals surface area contributed by atoms with Gasteiger partial charge in [-0.05, 0) is 30.7 Å². The van der Waals surface area contributed by atoms with Crippen molar-refractivity contribution in [2.75, 3.05) is 4.90 Å². The van der Waals surface area contributed by atoms with Crippen molar-refractivity contribution < 1.29 is 13.2 Å². The summed E-state index contributed by atoms with van der Waals surface area (Å²) in [6, 6.07) is 6.73. The van der Waals surface area contributed by atoms with E-state index >= 15 is 0 Å². The summed E-state index contributed by atoms with van der Waals surface area (Å²) in [5.41, 5.74) is 3.78. The molecule has 4 heterocycles. The van der Waals surface area contributed by atoms with Gasteiger partial charge in [-0.25, -0.2) is 28.5 Å². The summed E-state index contributed by atoms with van der Waals surface area (Å²) < 4.78 is 22.6. The molecule has 0 atom stereocenters. The van der Waals surface area contributed by atoms with E-state index in [4.69, 9.17) is 5.14 Å². The zero-order valence-electron chi connectivity index (χ0n) is 13.9. The molecule has 1 aliphatic heterocycles. The Hall–Kier alpha value is -2.91. The average molecular weight is 369 g/mol. The van der Waals surface area contributed by atoms with Crippen LogP contribution in [0.5, 0.6) is 0 Å². The maximum atomic E-state index is 12.5. The molecular formula is C17H15N5O3S. The number of rotatable bonds is 3. The third kappa shape index (κ3) is 2.80. The Morgan fingerprint density at radius 3 is 2.65 bits per heavy atom. The van der Waals surface area contributed by atoms with E-state index in [1.165, 1.54) is 12.3 Å². The molecule has 26 heavy (non-hydrogen) atoms. The van der Waals surface area contributed by atoms with Crippen LogP contribution in [0.25, 0.3) is 11.0 Å². The van der Waals surface area contributed by atoms with Crippen molar-refractivity contribution in [2.24, 2.45) is 5.14 Å². The number of hydrogen-bond acceptors (Lipinski definition) is 6. The number of nitrogens with two attached hydrogens (primary N) is 1. The van der Waals surface area contributed by atoms with E-state index in [1.54, 1.807) is 17.2 Å². The first-order valence-electron chi connectivity index (χ1n) is 7.86. The van der Waals surface area contributed by atoms with Gasteiger partial charge in [-0.3, -0.25) is 4.79 Å². The third-order valence-corrected chi connectivity index (χ3v) is 5.08. The molecule has 1 aliphatic rings. The van der Waals surface area contributed by atoms with Gasteiger partial charge in [0.15, 0.2) is 10.7 Å². The van der Waals surface area contributed by atoms with Crippen LogP contribution in [0.4, 0.5) is 5.69 Å². The lowest BCUT2D eigenvalue weighted by molar-refractivity contribution is -0.117. The van der Waals surface area contributed by atoms with Gasteiger partial charge < -0.3 is 4.90 Å². The molecule has 0 aliphatic carbocycles. The maximum absolute atomic E-state index is 12.5. The van der Waals surface area contributed by atoms with Crippen molar-refractivity contribution in [3.63, 3.8) is 0 Å². The van der Waals surface area contributed by atoms with Crippen LogP contribution in [0.1, 0.15) is 16.8 Å². The minimum atomic E-state index is -3.85. The number of pyridine rings is 3. The van der Waals surface area contributed by atoms with E-state index < -0.39 is 10.0 Å². The number of sulfonamides is 1. The average Bonchev–Trinajstić information content (AvgIpc) is 2.90. The van der Waals surface area contributed by atoms with Crippen molar-refractivity contribution >= 4 is 32.7 Å². The summed E-state index contributed by atoms with van der Waals surface area (Å²) in [4.78, 5) is 26.8. The van der Waals surface area contributed by atoms with E-state index in [9.17, 15) is 13.2 Å². The van der Waals surface area contributed by atoms with Crippen LogP contribution in [-0.4, -0.2) is 29.3 Å². The largest absolute Gasteiger partial charge is 0.307 e.